The van der Waals surface area contributed by atoms with Crippen molar-refractivity contribution in [2.75, 3.05) is 13.1 Å². The van der Waals surface area contributed by atoms with Gasteiger partial charge in [-0.15, -0.1) is 0 Å². The Morgan fingerprint density at radius 1 is 1.05 bits per heavy atom. The molecule has 0 radical (unpaired) electrons. The van der Waals surface area contributed by atoms with E-state index in [4.69, 9.17) is 39.5 Å². The summed E-state index contributed by atoms with van der Waals surface area (Å²) in [6.45, 7) is 8.30. The van der Waals surface area contributed by atoms with Crippen molar-refractivity contribution in [3.63, 3.8) is 0 Å². The number of ether oxygens (including phenoxy) is 1. The zero-order chi connectivity index (χ0) is 26.9. The molecule has 1 atom stereocenters. The monoisotopic (exact) mass is 562 g/mol. The third-order valence-corrected chi connectivity index (χ3v) is 6.79. The first kappa shape index (κ1) is 27.3. The maximum atomic E-state index is 13.5. The third-order valence-electron chi connectivity index (χ3n) is 6.00. The Hall–Kier alpha value is -2.74. The molecule has 7 nitrogen and oxygen atoms in total. The predicted octanol–water partition coefficient (Wildman–Crippen LogP) is 6.94. The number of nitrogens with one attached hydrogen (secondary N) is 1. The minimum absolute atomic E-state index is 0.226. The summed E-state index contributed by atoms with van der Waals surface area (Å²) in [5.41, 5.74) is 2.50. The molecule has 0 bridgehead atoms. The largest absolute Gasteiger partial charge is 0.444 e. The molecule has 3 aromatic rings. The number of amides is 2. The lowest BCUT2D eigenvalue weighted by atomic mass is 10.0. The van der Waals surface area contributed by atoms with E-state index < -0.39 is 5.60 Å². The van der Waals surface area contributed by atoms with Gasteiger partial charge in [0, 0.05) is 40.3 Å². The van der Waals surface area contributed by atoms with Crippen molar-refractivity contribution in [2.45, 2.75) is 52.2 Å². The molecule has 37 heavy (non-hydrogen) atoms. The highest BCUT2D eigenvalue weighted by molar-refractivity contribution is 6.35. The van der Waals surface area contributed by atoms with Crippen LogP contribution in [0.2, 0.25) is 15.1 Å². The first-order valence-electron chi connectivity index (χ1n) is 12.0. The van der Waals surface area contributed by atoms with Crippen molar-refractivity contribution >= 4 is 46.8 Å². The van der Waals surface area contributed by atoms with E-state index in [1.807, 2.05) is 39.8 Å². The second-order valence-electron chi connectivity index (χ2n) is 10.1. The first-order valence-corrected chi connectivity index (χ1v) is 13.2. The van der Waals surface area contributed by atoms with Gasteiger partial charge in [0.15, 0.2) is 5.69 Å². The second kappa shape index (κ2) is 10.9. The highest BCUT2D eigenvalue weighted by atomic mass is 35.5. The van der Waals surface area contributed by atoms with E-state index in [1.165, 1.54) is 0 Å². The number of nitrogens with zero attached hydrogens (tertiary/aromatic N) is 3. The Kier molecular flexibility index (Phi) is 8.07. The van der Waals surface area contributed by atoms with Crippen LogP contribution in [-0.4, -0.2) is 51.4 Å². The lowest BCUT2D eigenvalue weighted by Gasteiger charge is -2.34. The molecule has 1 N–H and O–H groups in total. The van der Waals surface area contributed by atoms with Gasteiger partial charge < -0.3 is 15.0 Å². The molecule has 1 aliphatic heterocycles. The average molecular weight is 564 g/mol. The number of rotatable bonds is 4. The van der Waals surface area contributed by atoms with Gasteiger partial charge in [0.1, 0.15) is 5.60 Å². The van der Waals surface area contributed by atoms with Crippen LogP contribution >= 0.6 is 34.8 Å². The van der Waals surface area contributed by atoms with Crippen LogP contribution in [-0.2, 0) is 4.74 Å². The normalized spacial score (nSPS) is 16.0. The standard InChI is InChI=1S/C27H29Cl3N4O3/c1-16-23(25(35)31-20-6-5-13-33(15-20)26(36)37-27(2,3)4)32-34(22-12-11-19(29)14-21(22)30)24(16)17-7-9-18(28)10-8-17/h7-12,14,20H,5-6,13,15H2,1-4H3,(H,31,35)/t20-/m1/s1. The fourth-order valence-electron chi connectivity index (χ4n) is 4.33. The number of piperidine rings is 1. The van der Waals surface area contributed by atoms with E-state index in [9.17, 15) is 9.59 Å². The third kappa shape index (κ3) is 6.40. The van der Waals surface area contributed by atoms with Crippen LogP contribution in [0, 0.1) is 6.92 Å². The molecular formula is C27H29Cl3N4O3. The van der Waals surface area contributed by atoms with Crippen LogP contribution in [0.4, 0.5) is 4.79 Å². The van der Waals surface area contributed by atoms with Crippen LogP contribution in [0.25, 0.3) is 16.9 Å². The summed E-state index contributed by atoms with van der Waals surface area (Å²) in [4.78, 5) is 27.7. The number of halogens is 3. The van der Waals surface area contributed by atoms with Crippen molar-refractivity contribution < 1.29 is 14.3 Å². The second-order valence-corrected chi connectivity index (χ2v) is 11.4. The molecule has 0 unspecified atom stereocenters. The highest BCUT2D eigenvalue weighted by Gasteiger charge is 2.30. The fraction of sp³-hybridized carbons (Fsp3) is 0.370. The van der Waals surface area contributed by atoms with Crippen LogP contribution in [0.1, 0.15) is 49.7 Å². The van der Waals surface area contributed by atoms with Crippen molar-refractivity contribution in [3.8, 4) is 16.9 Å². The predicted molar refractivity (Wildman–Crippen MR) is 147 cm³/mol. The lowest BCUT2D eigenvalue weighted by molar-refractivity contribution is 0.0185. The summed E-state index contributed by atoms with van der Waals surface area (Å²) in [5.74, 6) is -0.326. The Morgan fingerprint density at radius 3 is 2.38 bits per heavy atom. The number of benzene rings is 2. The first-order chi connectivity index (χ1) is 17.4. The quantitative estimate of drug-likeness (QED) is 0.373. The van der Waals surface area contributed by atoms with Gasteiger partial charge in [0.25, 0.3) is 5.91 Å². The molecular weight excluding hydrogens is 535 g/mol. The maximum absolute atomic E-state index is 13.5. The molecule has 196 valence electrons. The summed E-state index contributed by atoms with van der Waals surface area (Å²) in [6.07, 6.45) is 1.13. The molecule has 1 aromatic heterocycles. The van der Waals surface area contributed by atoms with Crippen LogP contribution in [0.3, 0.4) is 0 Å². The summed E-state index contributed by atoms with van der Waals surface area (Å²) < 4.78 is 7.16. The molecule has 0 saturated carbocycles. The van der Waals surface area contributed by atoms with Gasteiger partial charge in [0.2, 0.25) is 0 Å². The summed E-state index contributed by atoms with van der Waals surface area (Å²) >= 11 is 18.7. The van der Waals surface area contributed by atoms with E-state index in [0.29, 0.717) is 45.1 Å². The number of hydrogen-bond donors (Lipinski definition) is 1. The number of carbonyl (C=O) groups excluding carboxylic acids is 2. The molecule has 10 heteroatoms. The molecule has 2 aromatic carbocycles. The van der Waals surface area contributed by atoms with Gasteiger partial charge in [0.05, 0.1) is 16.4 Å². The van der Waals surface area contributed by atoms with Crippen molar-refractivity contribution in [1.82, 2.24) is 20.0 Å². The number of carbonyl (C=O) groups is 2. The van der Waals surface area contributed by atoms with E-state index in [1.54, 1.807) is 39.9 Å². The molecule has 4 rings (SSSR count). The van der Waals surface area contributed by atoms with Gasteiger partial charge >= 0.3 is 6.09 Å². The van der Waals surface area contributed by atoms with Crippen LogP contribution in [0.15, 0.2) is 42.5 Å². The van der Waals surface area contributed by atoms with E-state index in [2.05, 4.69) is 10.4 Å². The topological polar surface area (TPSA) is 76.5 Å². The Labute approximate surface area is 231 Å². The SMILES string of the molecule is Cc1c(C(=O)N[C@@H]2CCCN(C(=O)OC(C)(C)C)C2)nn(-c2ccc(Cl)cc2Cl)c1-c1ccc(Cl)cc1. The van der Waals surface area contributed by atoms with Gasteiger partial charge in [-0.05, 0) is 70.9 Å². The molecule has 1 aliphatic rings. The Balaban J connectivity index is 1.64. The smallest absolute Gasteiger partial charge is 0.410 e. The molecule has 1 saturated heterocycles. The van der Waals surface area contributed by atoms with Gasteiger partial charge in [-0.25, -0.2) is 9.48 Å². The van der Waals surface area contributed by atoms with Crippen molar-refractivity contribution in [1.29, 1.82) is 0 Å². The van der Waals surface area contributed by atoms with Crippen LogP contribution in [0.5, 0.6) is 0 Å². The fourth-order valence-corrected chi connectivity index (χ4v) is 4.94. The average Bonchev–Trinajstić information content (AvgIpc) is 3.15. The van der Waals surface area contributed by atoms with Gasteiger partial charge in [-0.1, -0.05) is 46.9 Å². The highest BCUT2D eigenvalue weighted by Crippen LogP contribution is 2.33. The zero-order valence-corrected chi connectivity index (χ0v) is 23.4. The molecule has 2 amide bonds. The van der Waals surface area contributed by atoms with Crippen molar-refractivity contribution in [3.05, 3.63) is 68.8 Å². The lowest BCUT2D eigenvalue weighted by Crippen LogP contribution is -2.50. The van der Waals surface area contributed by atoms with E-state index >= 15 is 0 Å². The molecule has 1 fully saturated rings. The minimum atomic E-state index is -0.585. The zero-order valence-electron chi connectivity index (χ0n) is 21.1. The maximum Gasteiger partial charge on any atom is 0.410 e. The Bertz CT molecular complexity index is 1320. The minimum Gasteiger partial charge on any atom is -0.444 e. The number of hydrogen-bond acceptors (Lipinski definition) is 4. The summed E-state index contributed by atoms with van der Waals surface area (Å²) in [5, 5.41) is 9.23. The summed E-state index contributed by atoms with van der Waals surface area (Å²) in [7, 11) is 0. The Morgan fingerprint density at radius 2 is 1.73 bits per heavy atom. The van der Waals surface area contributed by atoms with E-state index in [0.717, 1.165) is 18.4 Å². The molecule has 0 spiro atoms. The molecule has 0 aliphatic carbocycles. The van der Waals surface area contributed by atoms with Crippen molar-refractivity contribution in [2.24, 2.45) is 0 Å². The van der Waals surface area contributed by atoms with Gasteiger partial charge in [-0.3, -0.25) is 4.79 Å². The summed E-state index contributed by atoms with van der Waals surface area (Å²) in [6, 6.07) is 12.2. The number of likely N-dealkylation sites (tertiary alicyclic amines) is 1. The number of aromatic nitrogens is 2. The molecule has 2 heterocycles. The van der Waals surface area contributed by atoms with Gasteiger partial charge in [-0.2, -0.15) is 5.10 Å². The van der Waals surface area contributed by atoms with Crippen LogP contribution < -0.4 is 5.32 Å². The van der Waals surface area contributed by atoms with E-state index in [-0.39, 0.29) is 23.7 Å².